The molecule has 0 saturated heterocycles. The van der Waals surface area contributed by atoms with Gasteiger partial charge >= 0.3 is 5.97 Å². The summed E-state index contributed by atoms with van der Waals surface area (Å²) in [7, 11) is 0. The highest BCUT2D eigenvalue weighted by atomic mass is 16.4. The molecule has 0 saturated carbocycles. The molecule has 0 spiro atoms. The molecule has 2 aromatic rings. The second-order valence-corrected chi connectivity index (χ2v) is 3.16. The average molecular weight is 187 g/mol. The fourth-order valence-corrected chi connectivity index (χ4v) is 1.42. The molecule has 0 atom stereocenters. The van der Waals surface area contributed by atoms with Crippen molar-refractivity contribution in [1.29, 1.82) is 0 Å². The minimum Gasteiger partial charge on any atom is -0.478 e. The van der Waals surface area contributed by atoms with Crippen molar-refractivity contribution in [2.24, 2.45) is 0 Å². The number of pyridine rings is 1. The second kappa shape index (κ2) is 3.10. The Hall–Kier alpha value is -1.90. The third-order valence-corrected chi connectivity index (χ3v) is 2.21. The van der Waals surface area contributed by atoms with Gasteiger partial charge in [0.15, 0.2) is 0 Å². The number of aromatic nitrogens is 1. The number of benzene rings is 1. The molecular weight excluding hydrogens is 178 g/mol. The van der Waals surface area contributed by atoms with E-state index in [1.807, 2.05) is 13.0 Å². The average Bonchev–Trinajstić information content (AvgIpc) is 2.18. The van der Waals surface area contributed by atoms with Crippen LogP contribution < -0.4 is 0 Å². The number of fused-ring (bicyclic) bond motifs is 1. The van der Waals surface area contributed by atoms with Gasteiger partial charge < -0.3 is 5.11 Å². The molecule has 2 rings (SSSR count). The standard InChI is InChI=1S/C11H9NO2/c1-7-4-5-12-10-3-2-8(11(13)14)6-9(7)10/h2-6H,1H3,(H,13,14). The first kappa shape index (κ1) is 8.69. The van der Waals surface area contributed by atoms with Crippen LogP contribution in [0, 0.1) is 6.92 Å². The number of hydrogen-bond acceptors (Lipinski definition) is 2. The molecule has 3 nitrogen and oxygen atoms in total. The molecule has 0 aliphatic rings. The third-order valence-electron chi connectivity index (χ3n) is 2.21. The summed E-state index contributed by atoms with van der Waals surface area (Å²) in [6.07, 6.45) is 1.72. The van der Waals surface area contributed by atoms with Gasteiger partial charge in [0, 0.05) is 11.6 Å². The van der Waals surface area contributed by atoms with Gasteiger partial charge in [0.2, 0.25) is 0 Å². The zero-order valence-corrected chi connectivity index (χ0v) is 7.69. The van der Waals surface area contributed by atoms with Gasteiger partial charge in [-0.2, -0.15) is 0 Å². The predicted molar refractivity (Wildman–Crippen MR) is 53.4 cm³/mol. The summed E-state index contributed by atoms with van der Waals surface area (Å²) in [4.78, 5) is 14.9. The van der Waals surface area contributed by atoms with Crippen molar-refractivity contribution < 1.29 is 9.90 Å². The quantitative estimate of drug-likeness (QED) is 0.744. The fraction of sp³-hybridized carbons (Fsp3) is 0.0909. The van der Waals surface area contributed by atoms with Crippen LogP contribution in [0.15, 0.2) is 30.5 Å². The van der Waals surface area contributed by atoms with Crippen molar-refractivity contribution >= 4 is 16.9 Å². The van der Waals surface area contributed by atoms with E-state index in [0.717, 1.165) is 16.5 Å². The fourth-order valence-electron chi connectivity index (χ4n) is 1.42. The van der Waals surface area contributed by atoms with E-state index in [4.69, 9.17) is 5.11 Å². The minimum atomic E-state index is -0.907. The SMILES string of the molecule is Cc1ccnc2ccc(C(=O)O)cc12. The van der Waals surface area contributed by atoms with Crippen LogP contribution in [0.4, 0.5) is 0 Å². The van der Waals surface area contributed by atoms with Crippen LogP contribution in [-0.4, -0.2) is 16.1 Å². The van der Waals surface area contributed by atoms with Gasteiger partial charge in [-0.25, -0.2) is 4.79 Å². The molecule has 0 unspecified atom stereocenters. The van der Waals surface area contributed by atoms with Crippen molar-refractivity contribution in [3.8, 4) is 0 Å². The van der Waals surface area contributed by atoms with Crippen molar-refractivity contribution in [1.82, 2.24) is 4.98 Å². The Morgan fingerprint density at radius 3 is 2.86 bits per heavy atom. The monoisotopic (exact) mass is 187 g/mol. The van der Waals surface area contributed by atoms with Crippen LogP contribution in [0.5, 0.6) is 0 Å². The first-order chi connectivity index (χ1) is 6.68. The number of carboxylic acid groups (broad SMARTS) is 1. The molecule has 14 heavy (non-hydrogen) atoms. The van der Waals surface area contributed by atoms with Gasteiger partial charge in [-0.05, 0) is 36.8 Å². The molecule has 0 radical (unpaired) electrons. The molecular formula is C11H9NO2. The van der Waals surface area contributed by atoms with Gasteiger partial charge in [-0.15, -0.1) is 0 Å². The van der Waals surface area contributed by atoms with E-state index in [1.165, 1.54) is 0 Å². The Bertz CT molecular complexity index is 506. The smallest absolute Gasteiger partial charge is 0.335 e. The van der Waals surface area contributed by atoms with E-state index in [2.05, 4.69) is 4.98 Å². The Morgan fingerprint density at radius 1 is 1.36 bits per heavy atom. The molecule has 1 N–H and O–H groups in total. The van der Waals surface area contributed by atoms with Crippen LogP contribution in [0.3, 0.4) is 0 Å². The van der Waals surface area contributed by atoms with Crippen LogP contribution in [0.2, 0.25) is 0 Å². The maximum Gasteiger partial charge on any atom is 0.335 e. The lowest BCUT2D eigenvalue weighted by molar-refractivity contribution is 0.0697. The minimum absolute atomic E-state index is 0.300. The summed E-state index contributed by atoms with van der Waals surface area (Å²) >= 11 is 0. The van der Waals surface area contributed by atoms with Gasteiger partial charge in [-0.1, -0.05) is 0 Å². The Kier molecular flexibility index (Phi) is 1.93. The number of hydrogen-bond donors (Lipinski definition) is 1. The van der Waals surface area contributed by atoms with E-state index >= 15 is 0 Å². The summed E-state index contributed by atoms with van der Waals surface area (Å²) < 4.78 is 0. The van der Waals surface area contributed by atoms with E-state index in [-0.39, 0.29) is 0 Å². The molecule has 1 aromatic carbocycles. The maximum atomic E-state index is 10.7. The molecule has 0 bridgehead atoms. The lowest BCUT2D eigenvalue weighted by Crippen LogP contribution is -1.96. The Morgan fingerprint density at radius 2 is 2.14 bits per heavy atom. The van der Waals surface area contributed by atoms with E-state index in [1.54, 1.807) is 24.4 Å². The van der Waals surface area contributed by atoms with E-state index < -0.39 is 5.97 Å². The first-order valence-corrected chi connectivity index (χ1v) is 4.27. The second-order valence-electron chi connectivity index (χ2n) is 3.16. The normalized spacial score (nSPS) is 10.4. The first-order valence-electron chi connectivity index (χ1n) is 4.27. The lowest BCUT2D eigenvalue weighted by atomic mass is 10.1. The summed E-state index contributed by atoms with van der Waals surface area (Å²) in [5, 5.41) is 9.71. The molecule has 0 aliphatic carbocycles. The van der Waals surface area contributed by atoms with Crippen molar-refractivity contribution in [3.63, 3.8) is 0 Å². The topological polar surface area (TPSA) is 50.2 Å². The van der Waals surface area contributed by atoms with Gasteiger partial charge in [-0.3, -0.25) is 4.98 Å². The van der Waals surface area contributed by atoms with Gasteiger partial charge in [0.1, 0.15) is 0 Å². The van der Waals surface area contributed by atoms with Crippen molar-refractivity contribution in [2.45, 2.75) is 6.92 Å². The highest BCUT2D eigenvalue weighted by Crippen LogP contribution is 2.17. The summed E-state index contributed by atoms with van der Waals surface area (Å²) in [6, 6.07) is 6.82. The van der Waals surface area contributed by atoms with Crippen molar-refractivity contribution in [3.05, 3.63) is 41.6 Å². The van der Waals surface area contributed by atoms with Crippen molar-refractivity contribution in [2.75, 3.05) is 0 Å². The zero-order chi connectivity index (χ0) is 10.1. The Balaban J connectivity index is 2.76. The number of nitrogens with zero attached hydrogens (tertiary/aromatic N) is 1. The van der Waals surface area contributed by atoms with Crippen LogP contribution in [0.25, 0.3) is 10.9 Å². The molecule has 0 aliphatic heterocycles. The van der Waals surface area contributed by atoms with E-state index in [9.17, 15) is 4.79 Å². The Labute approximate surface area is 81.0 Å². The molecule has 1 heterocycles. The number of carboxylic acids is 1. The number of rotatable bonds is 1. The number of carbonyl (C=O) groups is 1. The zero-order valence-electron chi connectivity index (χ0n) is 7.69. The van der Waals surface area contributed by atoms with E-state index in [0.29, 0.717) is 5.56 Å². The van der Waals surface area contributed by atoms with Crippen LogP contribution in [-0.2, 0) is 0 Å². The van der Waals surface area contributed by atoms with Crippen LogP contribution >= 0.6 is 0 Å². The maximum absolute atomic E-state index is 10.7. The summed E-state index contributed by atoms with van der Waals surface area (Å²) in [5.74, 6) is -0.907. The summed E-state index contributed by atoms with van der Waals surface area (Å²) in [6.45, 7) is 1.94. The van der Waals surface area contributed by atoms with Gasteiger partial charge in [0.05, 0.1) is 11.1 Å². The largest absolute Gasteiger partial charge is 0.478 e. The predicted octanol–water partition coefficient (Wildman–Crippen LogP) is 2.24. The number of aryl methyl sites for hydroxylation is 1. The third kappa shape index (κ3) is 1.33. The molecule has 70 valence electrons. The molecule has 3 heteroatoms. The molecule has 0 fully saturated rings. The molecule has 0 amide bonds. The molecule has 1 aromatic heterocycles. The lowest BCUT2D eigenvalue weighted by Gasteiger charge is -2.01. The highest BCUT2D eigenvalue weighted by molar-refractivity contribution is 5.94. The van der Waals surface area contributed by atoms with Gasteiger partial charge in [0.25, 0.3) is 0 Å². The van der Waals surface area contributed by atoms with Crippen LogP contribution in [0.1, 0.15) is 15.9 Å². The number of aromatic carboxylic acids is 1. The summed E-state index contributed by atoms with van der Waals surface area (Å²) in [5.41, 5.74) is 2.17. The highest BCUT2D eigenvalue weighted by Gasteiger charge is 2.04.